The third-order valence-electron chi connectivity index (χ3n) is 7.77. The molecule has 1 aliphatic carbocycles. The number of carbonyl (C=O) groups is 3. The summed E-state index contributed by atoms with van der Waals surface area (Å²) >= 11 is 0. The van der Waals surface area contributed by atoms with Crippen LogP contribution in [0, 0.1) is 11.3 Å². The maximum absolute atomic E-state index is 13.0. The van der Waals surface area contributed by atoms with Gasteiger partial charge in [0.15, 0.2) is 0 Å². The lowest BCUT2D eigenvalue weighted by Crippen LogP contribution is -2.40. The number of amides is 4. The molecular formula is C28H28N4O4. The Morgan fingerprint density at radius 2 is 1.81 bits per heavy atom. The van der Waals surface area contributed by atoms with Gasteiger partial charge in [0.1, 0.15) is 5.76 Å². The Morgan fingerprint density at radius 3 is 2.50 bits per heavy atom. The molecule has 2 saturated heterocycles. The van der Waals surface area contributed by atoms with Crippen LogP contribution in [-0.4, -0.2) is 48.9 Å². The zero-order chi connectivity index (χ0) is 24.7. The molecule has 1 spiro atoms. The van der Waals surface area contributed by atoms with Crippen LogP contribution in [0.15, 0.2) is 71.3 Å². The number of likely N-dealkylation sites (tertiary alicyclic amines) is 1. The summed E-state index contributed by atoms with van der Waals surface area (Å²) in [7, 11) is 0. The number of urea groups is 1. The maximum Gasteiger partial charge on any atom is 0.321 e. The van der Waals surface area contributed by atoms with Gasteiger partial charge in [-0.3, -0.25) is 14.5 Å². The van der Waals surface area contributed by atoms with Crippen molar-refractivity contribution in [2.24, 2.45) is 11.3 Å². The summed E-state index contributed by atoms with van der Waals surface area (Å²) in [5.74, 6) is 0.785. The normalized spacial score (nSPS) is 20.3. The first-order chi connectivity index (χ1) is 17.5. The van der Waals surface area contributed by atoms with Crippen LogP contribution in [0.5, 0.6) is 0 Å². The molecule has 0 bridgehead atoms. The van der Waals surface area contributed by atoms with Crippen LogP contribution in [-0.2, 0) is 4.79 Å². The number of nitrogens with one attached hydrogen (secondary N) is 2. The van der Waals surface area contributed by atoms with E-state index in [9.17, 15) is 14.4 Å². The van der Waals surface area contributed by atoms with E-state index in [4.69, 9.17) is 4.42 Å². The molecule has 1 unspecified atom stereocenters. The molecule has 1 atom stereocenters. The average molecular weight is 485 g/mol. The molecule has 0 radical (unpaired) electrons. The van der Waals surface area contributed by atoms with Crippen molar-refractivity contribution in [3.8, 4) is 11.3 Å². The minimum absolute atomic E-state index is 0.0174. The Labute approximate surface area is 209 Å². The van der Waals surface area contributed by atoms with E-state index in [0.29, 0.717) is 37.4 Å². The van der Waals surface area contributed by atoms with Crippen LogP contribution >= 0.6 is 0 Å². The fourth-order valence-electron chi connectivity index (χ4n) is 5.53. The van der Waals surface area contributed by atoms with E-state index in [1.54, 1.807) is 11.2 Å². The molecule has 2 aromatic carbocycles. The minimum Gasteiger partial charge on any atom is -0.464 e. The largest absolute Gasteiger partial charge is 0.464 e. The van der Waals surface area contributed by atoms with Gasteiger partial charge in [-0.15, -0.1) is 0 Å². The smallest absolute Gasteiger partial charge is 0.321 e. The predicted molar refractivity (Wildman–Crippen MR) is 136 cm³/mol. The Balaban J connectivity index is 1.04. The number of benzene rings is 2. The number of piperidine rings is 1. The van der Waals surface area contributed by atoms with Crippen LogP contribution in [0.4, 0.5) is 16.2 Å². The second-order valence-electron chi connectivity index (χ2n) is 9.89. The molecule has 184 valence electrons. The molecule has 3 aliphatic rings. The van der Waals surface area contributed by atoms with E-state index in [-0.39, 0.29) is 29.2 Å². The van der Waals surface area contributed by atoms with Crippen LogP contribution in [0.25, 0.3) is 11.3 Å². The van der Waals surface area contributed by atoms with Crippen molar-refractivity contribution in [2.75, 3.05) is 36.4 Å². The van der Waals surface area contributed by atoms with Gasteiger partial charge in [-0.25, -0.2) is 4.79 Å². The number of rotatable bonds is 5. The molecule has 1 saturated carbocycles. The molecule has 1 aromatic heterocycles. The molecule has 8 nitrogen and oxygen atoms in total. The van der Waals surface area contributed by atoms with E-state index in [1.807, 2.05) is 65.6 Å². The van der Waals surface area contributed by atoms with Gasteiger partial charge in [0, 0.05) is 54.6 Å². The summed E-state index contributed by atoms with van der Waals surface area (Å²) < 4.78 is 5.42. The van der Waals surface area contributed by atoms with Gasteiger partial charge in [0.25, 0.3) is 5.91 Å². The lowest BCUT2D eigenvalue weighted by molar-refractivity contribution is -0.118. The second kappa shape index (κ2) is 8.86. The molecule has 2 N–H and O–H groups in total. The van der Waals surface area contributed by atoms with E-state index in [0.717, 1.165) is 36.3 Å². The van der Waals surface area contributed by atoms with Crippen LogP contribution in [0.1, 0.15) is 29.6 Å². The molecule has 8 heteroatoms. The second-order valence-corrected chi connectivity index (χ2v) is 9.89. The van der Waals surface area contributed by atoms with Crippen molar-refractivity contribution < 1.29 is 18.8 Å². The summed E-state index contributed by atoms with van der Waals surface area (Å²) in [5.41, 5.74) is 3.06. The van der Waals surface area contributed by atoms with Crippen LogP contribution < -0.4 is 15.5 Å². The van der Waals surface area contributed by atoms with Gasteiger partial charge in [-0.05, 0) is 67.1 Å². The monoisotopic (exact) mass is 484 g/mol. The van der Waals surface area contributed by atoms with Gasteiger partial charge in [0.05, 0.1) is 6.26 Å². The van der Waals surface area contributed by atoms with Crippen molar-refractivity contribution in [3.63, 3.8) is 0 Å². The molecule has 3 heterocycles. The Bertz CT molecular complexity index is 1290. The quantitative estimate of drug-likeness (QED) is 0.563. The van der Waals surface area contributed by atoms with Gasteiger partial charge >= 0.3 is 6.03 Å². The molecule has 2 aliphatic heterocycles. The number of anilines is 2. The van der Waals surface area contributed by atoms with Crippen molar-refractivity contribution in [2.45, 2.75) is 19.3 Å². The standard InChI is InChI=1S/C28H28N4O4/c33-25(30-21-3-1-4-22(17-21)32-15-12-29-27(32)35)23-18-28(23)10-13-31(14-11-28)26(34)20-8-6-19(7-9-20)24-5-2-16-36-24/h1-9,16-17,23H,10-15,18H2,(H,29,35)(H,30,33). The van der Waals surface area contributed by atoms with E-state index in [1.165, 1.54) is 0 Å². The Morgan fingerprint density at radius 1 is 1.00 bits per heavy atom. The van der Waals surface area contributed by atoms with Gasteiger partial charge < -0.3 is 20.0 Å². The van der Waals surface area contributed by atoms with Crippen LogP contribution in [0.2, 0.25) is 0 Å². The molecule has 36 heavy (non-hydrogen) atoms. The van der Waals surface area contributed by atoms with Gasteiger partial charge in [-0.1, -0.05) is 18.2 Å². The molecule has 3 aromatic rings. The Hall–Kier alpha value is -4.07. The SMILES string of the molecule is O=C(Nc1cccc(N2CCNC2=O)c1)C1CC12CCN(C(=O)c1ccc(-c3ccco3)cc1)CC2. The zero-order valence-corrected chi connectivity index (χ0v) is 19.9. The summed E-state index contributed by atoms with van der Waals surface area (Å²) in [5, 5.41) is 5.84. The third kappa shape index (κ3) is 4.12. The first-order valence-corrected chi connectivity index (χ1v) is 12.4. The highest BCUT2D eigenvalue weighted by atomic mass is 16.3. The number of nitrogens with zero attached hydrogens (tertiary/aromatic N) is 2. The maximum atomic E-state index is 13.0. The van der Waals surface area contributed by atoms with Crippen LogP contribution in [0.3, 0.4) is 0 Å². The number of furan rings is 1. The first kappa shape index (κ1) is 22.4. The fourth-order valence-corrected chi connectivity index (χ4v) is 5.53. The highest BCUT2D eigenvalue weighted by Gasteiger charge is 2.58. The highest BCUT2D eigenvalue weighted by molar-refractivity contribution is 5.98. The van der Waals surface area contributed by atoms with Gasteiger partial charge in [-0.2, -0.15) is 0 Å². The predicted octanol–water partition coefficient (Wildman–Crippen LogP) is 4.36. The number of hydrogen-bond donors (Lipinski definition) is 2. The zero-order valence-electron chi connectivity index (χ0n) is 19.9. The highest BCUT2D eigenvalue weighted by Crippen LogP contribution is 2.59. The molecular weight excluding hydrogens is 456 g/mol. The van der Waals surface area contributed by atoms with Crippen molar-refractivity contribution in [1.29, 1.82) is 0 Å². The number of hydrogen-bond acceptors (Lipinski definition) is 4. The molecule has 6 rings (SSSR count). The van der Waals surface area contributed by atoms with E-state index in [2.05, 4.69) is 10.6 Å². The average Bonchev–Trinajstić information content (AvgIpc) is 3.23. The summed E-state index contributed by atoms with van der Waals surface area (Å²) in [4.78, 5) is 41.6. The van der Waals surface area contributed by atoms with Gasteiger partial charge in [0.2, 0.25) is 5.91 Å². The lowest BCUT2D eigenvalue weighted by Gasteiger charge is -2.33. The fraction of sp³-hybridized carbons (Fsp3) is 0.321. The third-order valence-corrected chi connectivity index (χ3v) is 7.77. The van der Waals surface area contributed by atoms with E-state index < -0.39 is 0 Å². The van der Waals surface area contributed by atoms with Crippen molar-refractivity contribution in [1.82, 2.24) is 10.2 Å². The molecule has 4 amide bonds. The minimum atomic E-state index is -0.116. The van der Waals surface area contributed by atoms with E-state index >= 15 is 0 Å². The summed E-state index contributed by atoms with van der Waals surface area (Å²) in [6, 6.07) is 18.5. The summed E-state index contributed by atoms with van der Waals surface area (Å²) in [6.45, 7) is 2.55. The number of carbonyl (C=O) groups excluding carboxylic acids is 3. The topological polar surface area (TPSA) is 94.9 Å². The lowest BCUT2D eigenvalue weighted by atomic mass is 9.90. The van der Waals surface area contributed by atoms with Crippen molar-refractivity contribution >= 4 is 29.2 Å². The Kier molecular flexibility index (Phi) is 5.51. The first-order valence-electron chi connectivity index (χ1n) is 12.4. The summed E-state index contributed by atoms with van der Waals surface area (Å²) in [6.07, 6.45) is 4.15. The van der Waals surface area contributed by atoms with Crippen molar-refractivity contribution in [3.05, 3.63) is 72.5 Å². The molecule has 3 fully saturated rings.